The van der Waals surface area contributed by atoms with Crippen LogP contribution in [0.3, 0.4) is 0 Å². The standard InChI is InChI=1S/C52H34N2O/c1-4-14-35(15-5-1)36-24-26-39(27-25-36)53(40-28-30-49-46(32-40)43-21-12-13-23-48(43)54(49)38-18-8-3-9-19-38)41-29-31-50-47(33-41)52-44-22-11-10-20-42(44)45(34-51(52)55-50)37-16-6-2-7-17-37/h1-34H. The smallest absolute Gasteiger partial charge is 0.136 e. The first kappa shape index (κ1) is 31.2. The van der Waals surface area contributed by atoms with Gasteiger partial charge in [-0.05, 0) is 106 Å². The minimum absolute atomic E-state index is 0.870. The summed E-state index contributed by atoms with van der Waals surface area (Å²) < 4.78 is 9.03. The molecule has 0 aliphatic rings. The van der Waals surface area contributed by atoms with Gasteiger partial charge in [-0.2, -0.15) is 0 Å². The van der Waals surface area contributed by atoms with Gasteiger partial charge in [0.15, 0.2) is 0 Å². The molecule has 3 nitrogen and oxygen atoms in total. The monoisotopic (exact) mass is 702 g/mol. The van der Waals surface area contributed by atoms with E-state index in [1.807, 2.05) is 0 Å². The Labute approximate surface area is 318 Å². The molecule has 11 rings (SSSR count). The summed E-state index contributed by atoms with van der Waals surface area (Å²) in [5, 5.41) is 7.05. The van der Waals surface area contributed by atoms with Gasteiger partial charge in [0, 0.05) is 44.3 Å². The predicted octanol–water partition coefficient (Wildman–Crippen LogP) is 14.6. The molecule has 0 amide bonds. The van der Waals surface area contributed by atoms with E-state index in [-0.39, 0.29) is 0 Å². The highest BCUT2D eigenvalue weighted by atomic mass is 16.3. The van der Waals surface area contributed by atoms with Crippen LogP contribution in [0.2, 0.25) is 0 Å². The van der Waals surface area contributed by atoms with Gasteiger partial charge < -0.3 is 13.9 Å². The van der Waals surface area contributed by atoms with E-state index >= 15 is 0 Å². The van der Waals surface area contributed by atoms with Crippen molar-refractivity contribution in [2.75, 3.05) is 4.90 Å². The third kappa shape index (κ3) is 5.13. The molecule has 0 saturated heterocycles. The van der Waals surface area contributed by atoms with Crippen molar-refractivity contribution in [3.05, 3.63) is 206 Å². The highest BCUT2D eigenvalue weighted by Crippen LogP contribution is 2.44. The highest BCUT2D eigenvalue weighted by Gasteiger charge is 2.20. The second kappa shape index (κ2) is 12.6. The second-order valence-corrected chi connectivity index (χ2v) is 14.1. The van der Waals surface area contributed by atoms with E-state index in [1.54, 1.807) is 0 Å². The Morgan fingerprint density at radius 2 is 0.891 bits per heavy atom. The maximum Gasteiger partial charge on any atom is 0.136 e. The molecule has 3 heteroatoms. The molecule has 0 radical (unpaired) electrons. The molecule has 0 aliphatic heterocycles. The maximum absolute atomic E-state index is 6.66. The van der Waals surface area contributed by atoms with E-state index < -0.39 is 0 Å². The van der Waals surface area contributed by atoms with Gasteiger partial charge in [-0.3, -0.25) is 0 Å². The number of rotatable bonds is 6. The first-order chi connectivity index (χ1) is 27.3. The van der Waals surface area contributed by atoms with Crippen LogP contribution in [0, 0.1) is 0 Å². The number of nitrogens with zero attached hydrogens (tertiary/aromatic N) is 2. The van der Waals surface area contributed by atoms with Crippen molar-refractivity contribution < 1.29 is 4.42 Å². The topological polar surface area (TPSA) is 21.3 Å². The molecular formula is C52H34N2O. The van der Waals surface area contributed by atoms with Gasteiger partial charge in [0.05, 0.1) is 11.0 Å². The number of benzene rings is 9. The van der Waals surface area contributed by atoms with Gasteiger partial charge in [0.2, 0.25) is 0 Å². The summed E-state index contributed by atoms with van der Waals surface area (Å²) in [5.41, 5.74) is 13.2. The third-order valence-corrected chi connectivity index (χ3v) is 11.0. The summed E-state index contributed by atoms with van der Waals surface area (Å²) in [4.78, 5) is 2.38. The first-order valence-electron chi connectivity index (χ1n) is 18.8. The lowest BCUT2D eigenvalue weighted by molar-refractivity contribution is 0.669. The van der Waals surface area contributed by atoms with E-state index in [1.165, 1.54) is 54.8 Å². The van der Waals surface area contributed by atoms with Gasteiger partial charge in [-0.25, -0.2) is 0 Å². The van der Waals surface area contributed by atoms with Crippen molar-refractivity contribution in [1.29, 1.82) is 0 Å². The molecule has 0 unspecified atom stereocenters. The van der Waals surface area contributed by atoms with Crippen molar-refractivity contribution in [3.63, 3.8) is 0 Å². The fourth-order valence-corrected chi connectivity index (χ4v) is 8.46. The van der Waals surface area contributed by atoms with Gasteiger partial charge in [-0.15, -0.1) is 0 Å². The van der Waals surface area contributed by atoms with E-state index in [4.69, 9.17) is 4.42 Å². The zero-order valence-electron chi connectivity index (χ0n) is 29.9. The van der Waals surface area contributed by atoms with Crippen LogP contribution in [-0.2, 0) is 0 Å². The Balaban J connectivity index is 1.14. The van der Waals surface area contributed by atoms with Crippen molar-refractivity contribution in [3.8, 4) is 27.9 Å². The number of hydrogen-bond acceptors (Lipinski definition) is 2. The number of anilines is 3. The van der Waals surface area contributed by atoms with Gasteiger partial charge >= 0.3 is 0 Å². The Hall–Kier alpha value is -7.36. The van der Waals surface area contributed by atoms with E-state index in [2.05, 4.69) is 216 Å². The molecule has 0 bridgehead atoms. The molecule has 2 heterocycles. The largest absolute Gasteiger partial charge is 0.456 e. The molecule has 0 atom stereocenters. The summed E-state index contributed by atoms with van der Waals surface area (Å²) in [5.74, 6) is 0. The molecule has 11 aromatic rings. The molecule has 258 valence electrons. The van der Waals surface area contributed by atoms with Crippen LogP contribution >= 0.6 is 0 Å². The number of hydrogen-bond donors (Lipinski definition) is 0. The van der Waals surface area contributed by atoms with Gasteiger partial charge in [0.25, 0.3) is 0 Å². The average Bonchev–Trinajstić information content (AvgIpc) is 3.80. The zero-order valence-corrected chi connectivity index (χ0v) is 29.9. The quantitative estimate of drug-likeness (QED) is 0.172. The normalized spacial score (nSPS) is 11.6. The summed E-state index contributed by atoms with van der Waals surface area (Å²) in [7, 11) is 0. The Morgan fingerprint density at radius 3 is 1.64 bits per heavy atom. The summed E-state index contributed by atoms with van der Waals surface area (Å²) in [6.07, 6.45) is 0. The van der Waals surface area contributed by atoms with Crippen LogP contribution in [0.25, 0.3) is 82.5 Å². The average molecular weight is 703 g/mol. The molecule has 0 fully saturated rings. The van der Waals surface area contributed by atoms with Crippen LogP contribution in [0.4, 0.5) is 17.1 Å². The first-order valence-corrected chi connectivity index (χ1v) is 18.8. The maximum atomic E-state index is 6.66. The van der Waals surface area contributed by atoms with E-state index in [9.17, 15) is 0 Å². The lowest BCUT2D eigenvalue weighted by atomic mass is 9.95. The SMILES string of the molecule is c1ccc(-c2ccc(N(c3ccc4oc5cc(-c6ccccc6)c6ccccc6c5c4c3)c3ccc4c(c3)c3ccccc3n4-c3ccccc3)cc2)cc1. The number of fused-ring (bicyclic) bond motifs is 8. The molecular weight excluding hydrogens is 669 g/mol. The molecule has 9 aromatic carbocycles. The van der Waals surface area contributed by atoms with Gasteiger partial charge in [0.1, 0.15) is 11.2 Å². The van der Waals surface area contributed by atoms with E-state index in [0.29, 0.717) is 0 Å². The van der Waals surface area contributed by atoms with Crippen LogP contribution in [-0.4, -0.2) is 4.57 Å². The van der Waals surface area contributed by atoms with Crippen LogP contribution in [0.15, 0.2) is 211 Å². The fraction of sp³-hybridized carbons (Fsp3) is 0. The summed E-state index contributed by atoms with van der Waals surface area (Å²) in [6, 6.07) is 73.8. The van der Waals surface area contributed by atoms with Crippen LogP contribution in [0.5, 0.6) is 0 Å². The van der Waals surface area contributed by atoms with Crippen molar-refractivity contribution in [2.24, 2.45) is 0 Å². The third-order valence-electron chi connectivity index (χ3n) is 11.0. The fourth-order valence-electron chi connectivity index (χ4n) is 8.46. The summed E-state index contributed by atoms with van der Waals surface area (Å²) in [6.45, 7) is 0. The molecule has 2 aromatic heterocycles. The zero-order chi connectivity index (χ0) is 36.3. The Morgan fingerprint density at radius 1 is 0.345 bits per heavy atom. The minimum atomic E-state index is 0.870. The van der Waals surface area contributed by atoms with Crippen molar-refractivity contribution in [2.45, 2.75) is 0 Å². The summed E-state index contributed by atoms with van der Waals surface area (Å²) >= 11 is 0. The van der Waals surface area contributed by atoms with Gasteiger partial charge in [-0.1, -0.05) is 133 Å². The number of aromatic nitrogens is 1. The molecule has 0 saturated carbocycles. The Kier molecular flexibility index (Phi) is 7.17. The predicted molar refractivity (Wildman–Crippen MR) is 231 cm³/mol. The van der Waals surface area contributed by atoms with Crippen molar-refractivity contribution in [1.82, 2.24) is 4.57 Å². The number of furan rings is 1. The highest BCUT2D eigenvalue weighted by molar-refractivity contribution is 6.22. The minimum Gasteiger partial charge on any atom is -0.456 e. The van der Waals surface area contributed by atoms with Crippen LogP contribution < -0.4 is 4.90 Å². The molecule has 55 heavy (non-hydrogen) atoms. The van der Waals surface area contributed by atoms with E-state index in [0.717, 1.165) is 44.7 Å². The second-order valence-electron chi connectivity index (χ2n) is 14.1. The number of para-hydroxylation sites is 2. The molecule has 0 N–H and O–H groups in total. The van der Waals surface area contributed by atoms with Crippen LogP contribution in [0.1, 0.15) is 0 Å². The Bertz CT molecular complexity index is 3180. The molecule has 0 aliphatic carbocycles. The molecule has 0 spiro atoms. The van der Waals surface area contributed by atoms with Crippen molar-refractivity contribution >= 4 is 71.6 Å². The lowest BCUT2D eigenvalue weighted by Gasteiger charge is -2.26. The lowest BCUT2D eigenvalue weighted by Crippen LogP contribution is -2.09.